The van der Waals surface area contributed by atoms with E-state index in [0.29, 0.717) is 17.6 Å². The standard InChI is InChI=1S/C12H16N4O/c1-9-4-6-16(8-11(9)17-2)12-14-5-3-10(7-13)15-12/h3,5,9,11H,4,6,8H2,1-2H3. The van der Waals surface area contributed by atoms with Crippen LogP contribution in [0.25, 0.3) is 0 Å². The summed E-state index contributed by atoms with van der Waals surface area (Å²) in [5.74, 6) is 1.17. The second-order valence-corrected chi connectivity index (χ2v) is 4.34. The van der Waals surface area contributed by atoms with Gasteiger partial charge in [-0.3, -0.25) is 0 Å². The van der Waals surface area contributed by atoms with Gasteiger partial charge in [0.1, 0.15) is 11.8 Å². The molecule has 0 spiro atoms. The molecule has 2 rings (SSSR count). The van der Waals surface area contributed by atoms with Crippen molar-refractivity contribution >= 4 is 5.95 Å². The normalized spacial score (nSPS) is 24.4. The number of hydrogen-bond donors (Lipinski definition) is 0. The first kappa shape index (κ1) is 11.8. The number of piperidine rings is 1. The topological polar surface area (TPSA) is 62.0 Å². The number of nitriles is 1. The van der Waals surface area contributed by atoms with Crippen LogP contribution in [0.4, 0.5) is 5.95 Å². The molecule has 0 aromatic carbocycles. The maximum absolute atomic E-state index is 8.82. The quantitative estimate of drug-likeness (QED) is 0.767. The van der Waals surface area contributed by atoms with Crippen LogP contribution in [0, 0.1) is 17.2 Å². The molecule has 0 radical (unpaired) electrons. The monoisotopic (exact) mass is 232 g/mol. The maximum atomic E-state index is 8.82. The van der Waals surface area contributed by atoms with E-state index in [-0.39, 0.29) is 6.10 Å². The second kappa shape index (κ2) is 5.11. The average Bonchev–Trinajstić information content (AvgIpc) is 2.39. The third-order valence-corrected chi connectivity index (χ3v) is 3.23. The van der Waals surface area contributed by atoms with Gasteiger partial charge in [0, 0.05) is 26.4 Å². The van der Waals surface area contributed by atoms with E-state index in [4.69, 9.17) is 10.00 Å². The number of nitrogens with zero attached hydrogens (tertiary/aromatic N) is 4. The number of methoxy groups -OCH3 is 1. The van der Waals surface area contributed by atoms with Crippen molar-refractivity contribution in [1.82, 2.24) is 9.97 Å². The Hall–Kier alpha value is -1.67. The molecule has 1 aromatic heterocycles. The Morgan fingerprint density at radius 1 is 1.59 bits per heavy atom. The van der Waals surface area contributed by atoms with Gasteiger partial charge in [0.25, 0.3) is 0 Å². The van der Waals surface area contributed by atoms with Gasteiger partial charge in [0.2, 0.25) is 5.95 Å². The Bertz CT molecular complexity index is 429. The van der Waals surface area contributed by atoms with E-state index in [9.17, 15) is 0 Å². The van der Waals surface area contributed by atoms with E-state index in [1.54, 1.807) is 19.4 Å². The molecule has 5 nitrogen and oxygen atoms in total. The molecule has 1 aliphatic heterocycles. The number of ether oxygens (including phenoxy) is 1. The molecule has 5 heteroatoms. The molecule has 1 aromatic rings. The van der Waals surface area contributed by atoms with Crippen LogP contribution in [0.5, 0.6) is 0 Å². The highest BCUT2D eigenvalue weighted by atomic mass is 16.5. The fourth-order valence-corrected chi connectivity index (χ4v) is 2.09. The molecule has 0 bridgehead atoms. The fraction of sp³-hybridized carbons (Fsp3) is 0.583. The summed E-state index contributed by atoms with van der Waals surface area (Å²) in [6.07, 6.45) is 2.89. The Morgan fingerprint density at radius 3 is 3.12 bits per heavy atom. The Kier molecular flexibility index (Phi) is 3.55. The molecule has 0 saturated carbocycles. The van der Waals surface area contributed by atoms with Gasteiger partial charge in [0.05, 0.1) is 6.10 Å². The summed E-state index contributed by atoms with van der Waals surface area (Å²) in [7, 11) is 1.73. The van der Waals surface area contributed by atoms with Crippen LogP contribution in [0.2, 0.25) is 0 Å². The van der Waals surface area contributed by atoms with Gasteiger partial charge in [-0.05, 0) is 18.4 Å². The van der Waals surface area contributed by atoms with Gasteiger partial charge in [-0.25, -0.2) is 9.97 Å². The average molecular weight is 232 g/mol. The number of rotatable bonds is 2. The minimum absolute atomic E-state index is 0.207. The van der Waals surface area contributed by atoms with Crippen LogP contribution in [-0.2, 0) is 4.74 Å². The zero-order chi connectivity index (χ0) is 12.3. The second-order valence-electron chi connectivity index (χ2n) is 4.34. The molecule has 2 atom stereocenters. The molecule has 0 N–H and O–H groups in total. The molecule has 17 heavy (non-hydrogen) atoms. The van der Waals surface area contributed by atoms with Crippen LogP contribution in [0.15, 0.2) is 12.3 Å². The van der Waals surface area contributed by atoms with Gasteiger partial charge in [-0.15, -0.1) is 0 Å². The fourth-order valence-electron chi connectivity index (χ4n) is 2.09. The predicted octanol–water partition coefficient (Wildman–Crippen LogP) is 1.21. The largest absolute Gasteiger partial charge is 0.379 e. The number of aromatic nitrogens is 2. The van der Waals surface area contributed by atoms with Crippen molar-refractivity contribution in [3.8, 4) is 6.07 Å². The zero-order valence-corrected chi connectivity index (χ0v) is 10.1. The van der Waals surface area contributed by atoms with E-state index in [1.165, 1.54) is 0 Å². The number of hydrogen-bond acceptors (Lipinski definition) is 5. The zero-order valence-electron chi connectivity index (χ0n) is 10.1. The van der Waals surface area contributed by atoms with Gasteiger partial charge < -0.3 is 9.64 Å². The highest BCUT2D eigenvalue weighted by Gasteiger charge is 2.27. The van der Waals surface area contributed by atoms with E-state index < -0.39 is 0 Å². The van der Waals surface area contributed by atoms with Crippen molar-refractivity contribution in [1.29, 1.82) is 5.26 Å². The van der Waals surface area contributed by atoms with E-state index in [1.807, 2.05) is 6.07 Å². The van der Waals surface area contributed by atoms with Gasteiger partial charge >= 0.3 is 0 Å². The molecule has 1 aliphatic rings. The van der Waals surface area contributed by atoms with Gasteiger partial charge in [-0.2, -0.15) is 5.26 Å². The van der Waals surface area contributed by atoms with E-state index in [2.05, 4.69) is 21.8 Å². The molecular weight excluding hydrogens is 216 g/mol. The van der Waals surface area contributed by atoms with Gasteiger partial charge in [-0.1, -0.05) is 6.92 Å². The van der Waals surface area contributed by atoms with E-state index in [0.717, 1.165) is 19.5 Å². The third kappa shape index (κ3) is 2.53. The summed E-state index contributed by atoms with van der Waals surface area (Å²) in [6.45, 7) is 3.89. The van der Waals surface area contributed by atoms with Crippen molar-refractivity contribution < 1.29 is 4.74 Å². The molecule has 0 amide bonds. The first-order valence-electron chi connectivity index (χ1n) is 5.75. The first-order chi connectivity index (χ1) is 8.24. The van der Waals surface area contributed by atoms with E-state index >= 15 is 0 Å². The summed E-state index contributed by atoms with van der Waals surface area (Å²) in [5, 5.41) is 8.82. The molecule has 2 unspecified atom stereocenters. The Balaban J connectivity index is 2.15. The summed E-state index contributed by atoms with van der Waals surface area (Å²) in [4.78, 5) is 10.5. The van der Waals surface area contributed by atoms with Crippen LogP contribution in [0.1, 0.15) is 19.0 Å². The van der Waals surface area contributed by atoms with Crippen molar-refractivity contribution in [3.05, 3.63) is 18.0 Å². The smallest absolute Gasteiger partial charge is 0.226 e. The molecule has 1 fully saturated rings. The Morgan fingerprint density at radius 2 is 2.41 bits per heavy atom. The summed E-state index contributed by atoms with van der Waals surface area (Å²) in [6, 6.07) is 3.65. The lowest BCUT2D eigenvalue weighted by molar-refractivity contribution is 0.0494. The molecule has 0 aliphatic carbocycles. The lowest BCUT2D eigenvalue weighted by Gasteiger charge is -2.36. The minimum atomic E-state index is 0.207. The highest BCUT2D eigenvalue weighted by molar-refractivity contribution is 5.34. The molecule has 2 heterocycles. The maximum Gasteiger partial charge on any atom is 0.226 e. The first-order valence-corrected chi connectivity index (χ1v) is 5.75. The van der Waals surface area contributed by atoms with Crippen LogP contribution in [-0.4, -0.2) is 36.3 Å². The van der Waals surface area contributed by atoms with Crippen LogP contribution in [0.3, 0.4) is 0 Å². The lowest BCUT2D eigenvalue weighted by atomic mass is 9.96. The molecular formula is C12H16N4O. The highest BCUT2D eigenvalue weighted by Crippen LogP contribution is 2.22. The SMILES string of the molecule is COC1CN(c2nccc(C#N)n2)CCC1C. The van der Waals surface area contributed by atoms with Crippen molar-refractivity contribution in [2.24, 2.45) is 5.92 Å². The third-order valence-electron chi connectivity index (χ3n) is 3.23. The Labute approximate surface area is 101 Å². The lowest BCUT2D eigenvalue weighted by Crippen LogP contribution is -2.44. The molecule has 1 saturated heterocycles. The van der Waals surface area contributed by atoms with Crippen LogP contribution >= 0.6 is 0 Å². The summed E-state index contributed by atoms with van der Waals surface area (Å²) >= 11 is 0. The summed E-state index contributed by atoms with van der Waals surface area (Å²) < 4.78 is 5.45. The minimum Gasteiger partial charge on any atom is -0.379 e. The van der Waals surface area contributed by atoms with Crippen molar-refractivity contribution in [2.45, 2.75) is 19.4 Å². The molecule has 90 valence electrons. The predicted molar refractivity (Wildman–Crippen MR) is 63.5 cm³/mol. The number of anilines is 1. The van der Waals surface area contributed by atoms with Crippen molar-refractivity contribution in [3.63, 3.8) is 0 Å². The summed E-state index contributed by atoms with van der Waals surface area (Å²) in [5.41, 5.74) is 0.405. The van der Waals surface area contributed by atoms with Crippen LogP contribution < -0.4 is 4.90 Å². The van der Waals surface area contributed by atoms with Crippen molar-refractivity contribution in [2.75, 3.05) is 25.1 Å². The van der Waals surface area contributed by atoms with Gasteiger partial charge in [0.15, 0.2) is 0 Å².